The highest BCUT2D eigenvalue weighted by molar-refractivity contribution is 7.15. The number of anilines is 1. The molecular formula is C7H7F3N4OS. The van der Waals surface area contributed by atoms with Crippen molar-refractivity contribution in [2.75, 3.05) is 24.5 Å². The zero-order valence-electron chi connectivity index (χ0n) is 7.91. The highest BCUT2D eigenvalue weighted by Gasteiger charge is 2.36. The van der Waals surface area contributed by atoms with E-state index >= 15 is 0 Å². The summed E-state index contributed by atoms with van der Waals surface area (Å²) in [6, 6.07) is 0. The van der Waals surface area contributed by atoms with Crippen LogP contribution in [0.1, 0.15) is 5.01 Å². The zero-order valence-corrected chi connectivity index (χ0v) is 8.73. The Bertz CT molecular complexity index is 405. The molecule has 0 spiro atoms. The quantitative estimate of drug-likeness (QED) is 0.790. The average Bonchev–Trinajstić information content (AvgIpc) is 2.65. The van der Waals surface area contributed by atoms with Gasteiger partial charge in [-0.2, -0.15) is 13.2 Å². The van der Waals surface area contributed by atoms with Gasteiger partial charge in [-0.1, -0.05) is 11.3 Å². The molecule has 1 fully saturated rings. The van der Waals surface area contributed by atoms with Gasteiger partial charge in [0, 0.05) is 13.1 Å². The number of aromatic nitrogens is 2. The van der Waals surface area contributed by atoms with Gasteiger partial charge in [-0.3, -0.25) is 4.79 Å². The second-order valence-corrected chi connectivity index (χ2v) is 4.12. The predicted molar refractivity (Wildman–Crippen MR) is 50.1 cm³/mol. The van der Waals surface area contributed by atoms with Crippen LogP contribution in [-0.4, -0.2) is 35.7 Å². The number of nitrogens with one attached hydrogen (secondary N) is 1. The molecule has 1 aliphatic heterocycles. The number of carbonyl (C=O) groups is 1. The maximum Gasteiger partial charge on any atom is 0.445 e. The minimum Gasteiger partial charge on any atom is -0.353 e. The number of rotatable bonds is 1. The van der Waals surface area contributed by atoms with Crippen LogP contribution in [0.5, 0.6) is 0 Å². The van der Waals surface area contributed by atoms with Gasteiger partial charge in [-0.15, -0.1) is 10.2 Å². The molecule has 88 valence electrons. The molecule has 1 N–H and O–H groups in total. The monoisotopic (exact) mass is 252 g/mol. The Balaban J connectivity index is 2.15. The second kappa shape index (κ2) is 3.89. The van der Waals surface area contributed by atoms with Crippen molar-refractivity contribution in [3.8, 4) is 0 Å². The van der Waals surface area contributed by atoms with Gasteiger partial charge in [0.05, 0.1) is 6.54 Å². The Morgan fingerprint density at radius 1 is 1.38 bits per heavy atom. The topological polar surface area (TPSA) is 58.1 Å². The first-order valence-electron chi connectivity index (χ1n) is 4.39. The van der Waals surface area contributed by atoms with Crippen molar-refractivity contribution < 1.29 is 18.0 Å². The van der Waals surface area contributed by atoms with Crippen LogP contribution in [-0.2, 0) is 11.0 Å². The molecule has 1 aromatic rings. The summed E-state index contributed by atoms with van der Waals surface area (Å²) in [7, 11) is 0. The Kier molecular flexibility index (Phi) is 2.70. The van der Waals surface area contributed by atoms with Crippen molar-refractivity contribution in [1.82, 2.24) is 15.5 Å². The number of hydrogen-bond acceptors (Lipinski definition) is 5. The van der Waals surface area contributed by atoms with Gasteiger partial charge in [-0.25, -0.2) is 0 Å². The van der Waals surface area contributed by atoms with Crippen LogP contribution in [0, 0.1) is 0 Å². The summed E-state index contributed by atoms with van der Waals surface area (Å²) in [5.41, 5.74) is 0. The molecule has 0 atom stereocenters. The second-order valence-electron chi connectivity index (χ2n) is 3.16. The van der Waals surface area contributed by atoms with Crippen molar-refractivity contribution in [2.24, 2.45) is 0 Å². The predicted octanol–water partition coefficient (Wildman–Crippen LogP) is 0.493. The number of alkyl halides is 3. The van der Waals surface area contributed by atoms with Crippen molar-refractivity contribution in [1.29, 1.82) is 0 Å². The van der Waals surface area contributed by atoms with E-state index in [4.69, 9.17) is 0 Å². The lowest BCUT2D eigenvalue weighted by Crippen LogP contribution is -2.47. The molecule has 2 heterocycles. The fourth-order valence-corrected chi connectivity index (χ4v) is 2.00. The molecular weight excluding hydrogens is 245 g/mol. The minimum atomic E-state index is -4.48. The van der Waals surface area contributed by atoms with Gasteiger partial charge in [0.2, 0.25) is 16.0 Å². The standard InChI is InChI=1S/C7H7F3N4OS/c8-7(9,10)5-12-13-6(16-5)14-2-1-11-4(15)3-14/h1-3H2,(H,11,15). The molecule has 0 aromatic carbocycles. The fourth-order valence-electron chi connectivity index (χ4n) is 1.26. The van der Waals surface area contributed by atoms with E-state index in [0.29, 0.717) is 24.4 Å². The Hall–Kier alpha value is -1.38. The fraction of sp³-hybridized carbons (Fsp3) is 0.571. The van der Waals surface area contributed by atoms with Crippen LogP contribution >= 0.6 is 11.3 Å². The van der Waals surface area contributed by atoms with Gasteiger partial charge in [0.15, 0.2) is 0 Å². The highest BCUT2D eigenvalue weighted by Crippen LogP contribution is 2.34. The number of carbonyl (C=O) groups excluding carboxylic acids is 1. The lowest BCUT2D eigenvalue weighted by molar-refractivity contribution is -0.138. The van der Waals surface area contributed by atoms with E-state index in [-0.39, 0.29) is 17.6 Å². The minimum absolute atomic E-state index is 0.0203. The molecule has 0 saturated carbocycles. The number of piperazine rings is 1. The van der Waals surface area contributed by atoms with Crippen LogP contribution in [0.25, 0.3) is 0 Å². The largest absolute Gasteiger partial charge is 0.445 e. The summed E-state index contributed by atoms with van der Waals surface area (Å²) in [6.45, 7) is 0.866. The van der Waals surface area contributed by atoms with Crippen molar-refractivity contribution in [3.05, 3.63) is 5.01 Å². The molecule has 0 radical (unpaired) electrons. The van der Waals surface area contributed by atoms with Crippen molar-refractivity contribution >= 4 is 22.4 Å². The lowest BCUT2D eigenvalue weighted by Gasteiger charge is -2.25. The van der Waals surface area contributed by atoms with E-state index in [1.165, 1.54) is 4.90 Å². The van der Waals surface area contributed by atoms with E-state index in [2.05, 4.69) is 15.5 Å². The summed E-state index contributed by atoms with van der Waals surface area (Å²) < 4.78 is 36.8. The van der Waals surface area contributed by atoms with Gasteiger partial charge in [0.1, 0.15) is 0 Å². The maximum absolute atomic E-state index is 12.3. The molecule has 0 unspecified atom stereocenters. The number of hydrogen-bond donors (Lipinski definition) is 1. The first-order chi connectivity index (χ1) is 7.47. The molecule has 0 aliphatic carbocycles. The maximum atomic E-state index is 12.3. The molecule has 9 heteroatoms. The van der Waals surface area contributed by atoms with Crippen LogP contribution in [0.15, 0.2) is 0 Å². The molecule has 2 rings (SSSR count). The Morgan fingerprint density at radius 3 is 2.69 bits per heavy atom. The van der Waals surface area contributed by atoms with Crippen molar-refractivity contribution in [2.45, 2.75) is 6.18 Å². The van der Waals surface area contributed by atoms with Crippen LogP contribution < -0.4 is 10.2 Å². The summed E-state index contributed by atoms with van der Waals surface area (Å²) >= 11 is 0.447. The molecule has 1 saturated heterocycles. The molecule has 1 aromatic heterocycles. The Labute approximate surface area is 92.3 Å². The van der Waals surface area contributed by atoms with E-state index in [9.17, 15) is 18.0 Å². The normalized spacial score (nSPS) is 17.4. The summed E-state index contributed by atoms with van der Waals surface area (Å²) in [5.74, 6) is -0.227. The first-order valence-corrected chi connectivity index (χ1v) is 5.21. The smallest absolute Gasteiger partial charge is 0.353 e. The number of amides is 1. The lowest BCUT2D eigenvalue weighted by atomic mass is 10.4. The van der Waals surface area contributed by atoms with E-state index < -0.39 is 11.2 Å². The van der Waals surface area contributed by atoms with Gasteiger partial charge in [-0.05, 0) is 0 Å². The van der Waals surface area contributed by atoms with E-state index in [0.717, 1.165) is 0 Å². The zero-order chi connectivity index (χ0) is 11.8. The SMILES string of the molecule is O=C1CN(c2nnc(C(F)(F)F)s2)CCN1. The molecule has 5 nitrogen and oxygen atoms in total. The third kappa shape index (κ3) is 2.23. The summed E-state index contributed by atoms with van der Waals surface area (Å²) in [6.07, 6.45) is -4.48. The van der Waals surface area contributed by atoms with Gasteiger partial charge in [0.25, 0.3) is 0 Å². The summed E-state index contributed by atoms with van der Waals surface area (Å²) in [5, 5.41) is 8.20. The van der Waals surface area contributed by atoms with Crippen molar-refractivity contribution in [3.63, 3.8) is 0 Å². The highest BCUT2D eigenvalue weighted by atomic mass is 32.1. The van der Waals surface area contributed by atoms with E-state index in [1.807, 2.05) is 0 Å². The third-order valence-corrected chi connectivity index (χ3v) is 2.99. The Morgan fingerprint density at radius 2 is 2.12 bits per heavy atom. The van der Waals surface area contributed by atoms with Crippen LogP contribution in [0.2, 0.25) is 0 Å². The first kappa shape index (κ1) is 11.1. The van der Waals surface area contributed by atoms with E-state index in [1.54, 1.807) is 0 Å². The molecule has 1 amide bonds. The van der Waals surface area contributed by atoms with Crippen LogP contribution in [0.4, 0.5) is 18.3 Å². The van der Waals surface area contributed by atoms with Gasteiger partial charge >= 0.3 is 6.18 Å². The molecule has 1 aliphatic rings. The average molecular weight is 252 g/mol. The number of halogens is 3. The molecule has 16 heavy (non-hydrogen) atoms. The number of nitrogens with zero attached hydrogens (tertiary/aromatic N) is 3. The summed E-state index contributed by atoms with van der Waals surface area (Å²) in [4.78, 5) is 12.5. The van der Waals surface area contributed by atoms with Gasteiger partial charge < -0.3 is 10.2 Å². The molecule has 0 bridgehead atoms. The van der Waals surface area contributed by atoms with Crippen LogP contribution in [0.3, 0.4) is 0 Å². The third-order valence-electron chi connectivity index (χ3n) is 1.97.